The van der Waals surface area contributed by atoms with Crippen LogP contribution in [0.5, 0.6) is 0 Å². The predicted molar refractivity (Wildman–Crippen MR) is 74.7 cm³/mol. The van der Waals surface area contributed by atoms with E-state index in [1.54, 1.807) is 6.20 Å². The minimum atomic E-state index is -0.578. The molecule has 0 bridgehead atoms. The van der Waals surface area contributed by atoms with Crippen LogP contribution in [-0.2, 0) is 0 Å². The van der Waals surface area contributed by atoms with Crippen LogP contribution in [0.1, 0.15) is 0 Å². The van der Waals surface area contributed by atoms with E-state index in [4.69, 9.17) is 0 Å². The van der Waals surface area contributed by atoms with Crippen LogP contribution in [-0.4, -0.2) is 31.2 Å². The fraction of sp³-hybridized carbons (Fsp3) is 0.267. The molecule has 1 aromatic heterocycles. The van der Waals surface area contributed by atoms with Crippen molar-refractivity contribution in [3.05, 3.63) is 48.2 Å². The maximum atomic E-state index is 13.2. The second-order valence-corrected chi connectivity index (χ2v) is 4.80. The van der Waals surface area contributed by atoms with Gasteiger partial charge in [-0.2, -0.15) is 0 Å². The van der Waals surface area contributed by atoms with Crippen LogP contribution in [0, 0.1) is 11.6 Å². The Morgan fingerprint density at radius 1 is 0.950 bits per heavy atom. The van der Waals surface area contributed by atoms with Crippen molar-refractivity contribution in [1.82, 2.24) is 10.3 Å². The van der Waals surface area contributed by atoms with E-state index in [2.05, 4.69) is 15.2 Å². The van der Waals surface area contributed by atoms with Gasteiger partial charge in [-0.15, -0.1) is 0 Å². The second-order valence-electron chi connectivity index (χ2n) is 4.80. The van der Waals surface area contributed by atoms with E-state index < -0.39 is 11.6 Å². The Kier molecular flexibility index (Phi) is 3.60. The number of piperazine rings is 1. The minimum Gasteiger partial charge on any atom is -0.354 e. The maximum absolute atomic E-state index is 13.2. The first-order chi connectivity index (χ1) is 9.72. The van der Waals surface area contributed by atoms with Crippen molar-refractivity contribution in [2.75, 3.05) is 31.1 Å². The predicted octanol–water partition coefficient (Wildman–Crippen LogP) is 2.44. The molecule has 0 amide bonds. The highest BCUT2D eigenvalue weighted by Gasteiger charge is 2.11. The molecule has 0 spiro atoms. The van der Waals surface area contributed by atoms with Crippen LogP contribution in [0.2, 0.25) is 0 Å². The van der Waals surface area contributed by atoms with Crippen molar-refractivity contribution < 1.29 is 8.78 Å². The molecule has 3 nitrogen and oxygen atoms in total. The molecule has 0 atom stereocenters. The van der Waals surface area contributed by atoms with Gasteiger partial charge < -0.3 is 10.2 Å². The first kappa shape index (κ1) is 13.0. The summed E-state index contributed by atoms with van der Waals surface area (Å²) < 4.78 is 26.4. The number of aromatic nitrogens is 1. The lowest BCUT2D eigenvalue weighted by Gasteiger charge is -2.28. The summed E-state index contributed by atoms with van der Waals surface area (Å²) in [4.78, 5) is 6.58. The van der Waals surface area contributed by atoms with Crippen LogP contribution in [0.4, 0.5) is 14.6 Å². The van der Waals surface area contributed by atoms with Crippen LogP contribution < -0.4 is 10.2 Å². The first-order valence-electron chi connectivity index (χ1n) is 6.60. The molecule has 1 aromatic carbocycles. The number of hydrogen-bond donors (Lipinski definition) is 1. The topological polar surface area (TPSA) is 28.2 Å². The molecule has 1 N–H and O–H groups in total. The van der Waals surface area contributed by atoms with Crippen molar-refractivity contribution in [1.29, 1.82) is 0 Å². The van der Waals surface area contributed by atoms with Gasteiger partial charge in [0, 0.05) is 44.0 Å². The molecule has 5 heteroatoms. The summed E-state index contributed by atoms with van der Waals surface area (Å²) in [5.41, 5.74) is 1.21. The monoisotopic (exact) mass is 275 g/mol. The summed E-state index contributed by atoms with van der Waals surface area (Å²) in [5.74, 6) is -0.260. The molecule has 1 saturated heterocycles. The molecule has 1 aliphatic rings. The number of rotatable bonds is 2. The summed E-state index contributed by atoms with van der Waals surface area (Å²) in [7, 11) is 0. The van der Waals surface area contributed by atoms with E-state index in [1.165, 1.54) is 12.1 Å². The molecular weight excluding hydrogens is 260 g/mol. The van der Waals surface area contributed by atoms with Gasteiger partial charge in [0.05, 0.1) is 0 Å². The molecule has 2 heterocycles. The second kappa shape index (κ2) is 5.54. The van der Waals surface area contributed by atoms with Crippen molar-refractivity contribution in [2.24, 2.45) is 0 Å². The first-order valence-corrected chi connectivity index (χ1v) is 6.60. The molecular formula is C15H15F2N3. The largest absolute Gasteiger partial charge is 0.354 e. The Labute approximate surface area is 116 Å². The SMILES string of the molecule is Fc1cc(F)cc(-c2ccc(N3CCNCC3)nc2)c1. The van der Waals surface area contributed by atoms with Gasteiger partial charge in [-0.25, -0.2) is 13.8 Å². The smallest absolute Gasteiger partial charge is 0.128 e. The molecule has 0 aliphatic carbocycles. The highest BCUT2D eigenvalue weighted by atomic mass is 19.1. The molecule has 0 unspecified atom stereocenters. The van der Waals surface area contributed by atoms with Gasteiger partial charge in [0.15, 0.2) is 0 Å². The Morgan fingerprint density at radius 2 is 1.65 bits per heavy atom. The Morgan fingerprint density at radius 3 is 2.25 bits per heavy atom. The molecule has 0 radical (unpaired) electrons. The van der Waals surface area contributed by atoms with Crippen molar-refractivity contribution in [2.45, 2.75) is 0 Å². The third kappa shape index (κ3) is 2.77. The van der Waals surface area contributed by atoms with Crippen molar-refractivity contribution >= 4 is 5.82 Å². The lowest BCUT2D eigenvalue weighted by molar-refractivity contribution is 0.584. The lowest BCUT2D eigenvalue weighted by Crippen LogP contribution is -2.43. The van der Waals surface area contributed by atoms with Crippen LogP contribution in [0.25, 0.3) is 11.1 Å². The molecule has 0 saturated carbocycles. The van der Waals surface area contributed by atoms with E-state index in [9.17, 15) is 8.78 Å². The molecule has 1 aliphatic heterocycles. The lowest BCUT2D eigenvalue weighted by atomic mass is 10.1. The number of hydrogen-bond acceptors (Lipinski definition) is 3. The van der Waals surface area contributed by atoms with Crippen LogP contribution in [0.15, 0.2) is 36.5 Å². The van der Waals surface area contributed by atoms with Crippen LogP contribution >= 0.6 is 0 Å². The Balaban J connectivity index is 1.85. The fourth-order valence-electron chi connectivity index (χ4n) is 2.36. The Hall–Kier alpha value is -2.01. The zero-order valence-corrected chi connectivity index (χ0v) is 10.9. The number of nitrogens with one attached hydrogen (secondary N) is 1. The van der Waals surface area contributed by atoms with E-state index in [0.717, 1.165) is 38.1 Å². The average molecular weight is 275 g/mol. The van der Waals surface area contributed by atoms with Gasteiger partial charge in [-0.1, -0.05) is 0 Å². The van der Waals surface area contributed by atoms with Gasteiger partial charge in [0.25, 0.3) is 0 Å². The van der Waals surface area contributed by atoms with E-state index in [-0.39, 0.29) is 0 Å². The number of pyridine rings is 1. The average Bonchev–Trinajstić information content (AvgIpc) is 2.47. The zero-order chi connectivity index (χ0) is 13.9. The maximum Gasteiger partial charge on any atom is 0.128 e. The van der Waals surface area contributed by atoms with Crippen molar-refractivity contribution in [3.8, 4) is 11.1 Å². The number of benzene rings is 1. The highest BCUT2D eigenvalue weighted by Crippen LogP contribution is 2.23. The van der Waals surface area contributed by atoms with Gasteiger partial charge in [-0.05, 0) is 29.8 Å². The van der Waals surface area contributed by atoms with E-state index >= 15 is 0 Å². The molecule has 104 valence electrons. The fourth-order valence-corrected chi connectivity index (χ4v) is 2.36. The third-order valence-corrected chi connectivity index (χ3v) is 3.38. The standard InChI is InChI=1S/C15H15F2N3/c16-13-7-12(8-14(17)9-13)11-1-2-15(19-10-11)20-5-3-18-4-6-20/h1-2,7-10,18H,3-6H2. The minimum absolute atomic E-state index is 0.502. The summed E-state index contributed by atoms with van der Waals surface area (Å²) in [5, 5.41) is 3.28. The van der Waals surface area contributed by atoms with E-state index in [0.29, 0.717) is 11.1 Å². The number of halogens is 2. The van der Waals surface area contributed by atoms with Gasteiger partial charge in [-0.3, -0.25) is 0 Å². The Bertz CT molecular complexity index is 572. The quantitative estimate of drug-likeness (QED) is 0.912. The number of nitrogens with zero attached hydrogens (tertiary/aromatic N) is 2. The number of anilines is 1. The van der Waals surface area contributed by atoms with Gasteiger partial charge in [0.1, 0.15) is 17.5 Å². The molecule has 2 aromatic rings. The third-order valence-electron chi connectivity index (χ3n) is 3.38. The normalized spacial score (nSPS) is 15.4. The highest BCUT2D eigenvalue weighted by molar-refractivity contribution is 5.64. The zero-order valence-electron chi connectivity index (χ0n) is 10.9. The summed E-state index contributed by atoms with van der Waals surface area (Å²) in [6.45, 7) is 3.72. The molecule has 1 fully saturated rings. The van der Waals surface area contributed by atoms with Gasteiger partial charge >= 0.3 is 0 Å². The molecule has 3 rings (SSSR count). The van der Waals surface area contributed by atoms with E-state index in [1.807, 2.05) is 12.1 Å². The van der Waals surface area contributed by atoms with Crippen molar-refractivity contribution in [3.63, 3.8) is 0 Å². The summed E-state index contributed by atoms with van der Waals surface area (Å²) in [6, 6.07) is 7.23. The summed E-state index contributed by atoms with van der Waals surface area (Å²) >= 11 is 0. The van der Waals surface area contributed by atoms with Gasteiger partial charge in [0.2, 0.25) is 0 Å². The van der Waals surface area contributed by atoms with Crippen LogP contribution in [0.3, 0.4) is 0 Å². The molecule has 20 heavy (non-hydrogen) atoms. The summed E-state index contributed by atoms with van der Waals surface area (Å²) in [6.07, 6.45) is 1.66.